The van der Waals surface area contributed by atoms with Crippen LogP contribution in [-0.4, -0.2) is 17.1 Å². The molecule has 2 rings (SSSR count). The predicted octanol–water partition coefficient (Wildman–Crippen LogP) is 1.65. The van der Waals surface area contributed by atoms with Crippen LogP contribution >= 0.6 is 0 Å². The highest BCUT2D eigenvalue weighted by molar-refractivity contribution is 5.94. The van der Waals surface area contributed by atoms with Gasteiger partial charge in [-0.15, -0.1) is 0 Å². The Morgan fingerprint density at radius 1 is 1.53 bits per heavy atom. The minimum atomic E-state index is -0.469. The summed E-state index contributed by atoms with van der Waals surface area (Å²) in [4.78, 5) is 14.9. The molecule has 1 unspecified atom stereocenters. The molecule has 0 radical (unpaired) electrons. The zero-order chi connectivity index (χ0) is 10.8. The number of rotatable bonds is 2. The smallest absolute Gasteiger partial charge is 0.270 e. The third-order valence-corrected chi connectivity index (χ3v) is 1.87. The van der Waals surface area contributed by atoms with E-state index in [1.807, 2.05) is 0 Å². The number of nitrogens with zero attached hydrogens (tertiary/aromatic N) is 2. The van der Waals surface area contributed by atoms with Gasteiger partial charge in [0.1, 0.15) is 0 Å². The molecule has 1 aliphatic rings. The first-order valence-corrected chi connectivity index (χ1v) is 4.32. The number of hydrogen-bond donors (Lipinski definition) is 0. The lowest BCUT2D eigenvalue weighted by Crippen LogP contribution is -2.07. The summed E-state index contributed by atoms with van der Waals surface area (Å²) in [6.07, 6.45) is -0.445. The largest absolute Gasteiger partial charge is 0.433 e. The summed E-state index contributed by atoms with van der Waals surface area (Å²) in [7, 11) is 0. The fourth-order valence-electron chi connectivity index (χ4n) is 1.20. The highest BCUT2D eigenvalue weighted by atomic mass is 16.8. The van der Waals surface area contributed by atoms with Crippen LogP contribution in [0.15, 0.2) is 29.4 Å². The Balaban J connectivity index is 2.29. The SMILES string of the molecule is CC1ON=C(c2cccc([N+](=O)[O-])c2)O1. The molecule has 0 N–H and O–H groups in total. The van der Waals surface area contributed by atoms with Crippen LogP contribution in [0.25, 0.3) is 0 Å². The van der Waals surface area contributed by atoms with Gasteiger partial charge < -0.3 is 9.57 Å². The van der Waals surface area contributed by atoms with E-state index < -0.39 is 11.2 Å². The Morgan fingerprint density at radius 2 is 2.33 bits per heavy atom. The summed E-state index contributed by atoms with van der Waals surface area (Å²) in [6, 6.07) is 6.04. The second-order valence-electron chi connectivity index (χ2n) is 2.99. The number of ether oxygens (including phenoxy) is 1. The minimum absolute atomic E-state index is 0.00152. The maximum absolute atomic E-state index is 10.5. The van der Waals surface area contributed by atoms with Gasteiger partial charge in [0.05, 0.1) is 4.92 Å². The molecule has 78 valence electrons. The summed E-state index contributed by atoms with van der Waals surface area (Å²) >= 11 is 0. The van der Waals surface area contributed by atoms with E-state index in [1.165, 1.54) is 12.1 Å². The van der Waals surface area contributed by atoms with Gasteiger partial charge in [-0.2, -0.15) is 0 Å². The molecule has 1 aliphatic heterocycles. The molecule has 0 spiro atoms. The van der Waals surface area contributed by atoms with E-state index >= 15 is 0 Å². The van der Waals surface area contributed by atoms with Crippen molar-refractivity contribution in [3.8, 4) is 0 Å². The van der Waals surface area contributed by atoms with Crippen molar-refractivity contribution < 1.29 is 14.5 Å². The first kappa shape index (κ1) is 9.45. The van der Waals surface area contributed by atoms with Gasteiger partial charge in [0.15, 0.2) is 0 Å². The Morgan fingerprint density at radius 3 is 2.93 bits per heavy atom. The molecule has 0 aromatic heterocycles. The standard InChI is InChI=1S/C9H8N2O4/c1-6-14-9(10-15-6)7-3-2-4-8(5-7)11(12)13/h2-6H,1H3. The molecule has 0 fully saturated rings. The number of benzene rings is 1. The maximum Gasteiger partial charge on any atom is 0.270 e. The lowest BCUT2D eigenvalue weighted by molar-refractivity contribution is -0.384. The van der Waals surface area contributed by atoms with Crippen molar-refractivity contribution in [1.29, 1.82) is 0 Å². The van der Waals surface area contributed by atoms with Crippen molar-refractivity contribution >= 4 is 11.6 Å². The molecule has 1 atom stereocenters. The van der Waals surface area contributed by atoms with E-state index in [-0.39, 0.29) is 11.6 Å². The molecular weight excluding hydrogens is 200 g/mol. The molecule has 0 aliphatic carbocycles. The van der Waals surface area contributed by atoms with Crippen LogP contribution < -0.4 is 0 Å². The highest BCUT2D eigenvalue weighted by Gasteiger charge is 2.20. The number of hydrogen-bond acceptors (Lipinski definition) is 5. The summed E-state index contributed by atoms with van der Waals surface area (Å²) in [5.41, 5.74) is 0.534. The first-order chi connectivity index (χ1) is 7.16. The van der Waals surface area contributed by atoms with Crippen LogP contribution in [0.2, 0.25) is 0 Å². The molecule has 0 saturated heterocycles. The van der Waals surface area contributed by atoms with E-state index in [1.54, 1.807) is 19.1 Å². The van der Waals surface area contributed by atoms with Crippen LogP contribution in [0.3, 0.4) is 0 Å². The van der Waals surface area contributed by atoms with Gasteiger partial charge in [-0.25, -0.2) is 0 Å². The van der Waals surface area contributed by atoms with Gasteiger partial charge in [0.25, 0.3) is 17.9 Å². The van der Waals surface area contributed by atoms with Gasteiger partial charge in [0, 0.05) is 24.6 Å². The molecule has 1 aromatic rings. The van der Waals surface area contributed by atoms with Crippen LogP contribution in [0.1, 0.15) is 12.5 Å². The summed E-state index contributed by atoms with van der Waals surface area (Å²) < 4.78 is 5.19. The van der Waals surface area contributed by atoms with Gasteiger partial charge in [-0.1, -0.05) is 6.07 Å². The van der Waals surface area contributed by atoms with E-state index in [4.69, 9.17) is 9.57 Å². The number of non-ortho nitro benzene ring substituents is 1. The van der Waals surface area contributed by atoms with Crippen molar-refractivity contribution in [1.82, 2.24) is 0 Å². The van der Waals surface area contributed by atoms with Crippen LogP contribution in [-0.2, 0) is 9.57 Å². The van der Waals surface area contributed by atoms with Gasteiger partial charge >= 0.3 is 0 Å². The molecule has 1 aromatic carbocycles. The molecule has 6 heteroatoms. The normalized spacial score (nSPS) is 19.0. The summed E-state index contributed by atoms with van der Waals surface area (Å²) in [5, 5.41) is 14.2. The third kappa shape index (κ3) is 1.88. The van der Waals surface area contributed by atoms with Gasteiger partial charge in [-0.05, 0) is 11.2 Å². The van der Waals surface area contributed by atoms with Crippen LogP contribution in [0, 0.1) is 10.1 Å². The monoisotopic (exact) mass is 208 g/mol. The minimum Gasteiger partial charge on any atom is -0.433 e. The topological polar surface area (TPSA) is 74.0 Å². The Bertz CT molecular complexity index is 430. The van der Waals surface area contributed by atoms with E-state index in [0.717, 1.165) is 0 Å². The molecule has 6 nitrogen and oxygen atoms in total. The molecule has 0 amide bonds. The molecule has 15 heavy (non-hydrogen) atoms. The quantitative estimate of drug-likeness (QED) is 0.547. The highest BCUT2D eigenvalue weighted by Crippen LogP contribution is 2.18. The van der Waals surface area contributed by atoms with Crippen molar-refractivity contribution in [2.24, 2.45) is 5.16 Å². The second kappa shape index (κ2) is 3.56. The second-order valence-corrected chi connectivity index (χ2v) is 2.99. The Labute approximate surface area is 85.2 Å². The third-order valence-electron chi connectivity index (χ3n) is 1.87. The van der Waals surface area contributed by atoms with Crippen molar-refractivity contribution in [3.05, 3.63) is 39.9 Å². The number of nitro groups is 1. The maximum atomic E-state index is 10.5. The zero-order valence-corrected chi connectivity index (χ0v) is 7.91. The van der Waals surface area contributed by atoms with Crippen LogP contribution in [0.4, 0.5) is 5.69 Å². The summed E-state index contributed by atoms with van der Waals surface area (Å²) in [5.74, 6) is 0.270. The Kier molecular flexibility index (Phi) is 2.24. The molecule has 0 saturated carbocycles. The van der Waals surface area contributed by atoms with Crippen molar-refractivity contribution in [2.45, 2.75) is 13.2 Å². The van der Waals surface area contributed by atoms with Crippen molar-refractivity contribution in [2.75, 3.05) is 0 Å². The average molecular weight is 208 g/mol. The van der Waals surface area contributed by atoms with Gasteiger partial charge in [-0.3, -0.25) is 10.1 Å². The van der Waals surface area contributed by atoms with Gasteiger partial charge in [0.2, 0.25) is 0 Å². The fraction of sp³-hybridized carbons (Fsp3) is 0.222. The van der Waals surface area contributed by atoms with E-state index in [2.05, 4.69) is 5.16 Å². The lowest BCUT2D eigenvalue weighted by atomic mass is 10.2. The first-order valence-electron chi connectivity index (χ1n) is 4.32. The summed E-state index contributed by atoms with van der Waals surface area (Å²) in [6.45, 7) is 1.69. The number of nitro benzene ring substituents is 1. The fourth-order valence-corrected chi connectivity index (χ4v) is 1.20. The van der Waals surface area contributed by atoms with Crippen molar-refractivity contribution in [3.63, 3.8) is 0 Å². The molecular formula is C9H8N2O4. The predicted molar refractivity (Wildman–Crippen MR) is 51.3 cm³/mol. The average Bonchev–Trinajstić information content (AvgIpc) is 2.65. The van der Waals surface area contributed by atoms with Crippen LogP contribution in [0.5, 0.6) is 0 Å². The molecule has 1 heterocycles. The van der Waals surface area contributed by atoms with E-state index in [9.17, 15) is 10.1 Å². The lowest BCUT2D eigenvalue weighted by Gasteiger charge is -2.02. The number of oxime groups is 1. The molecule has 0 bridgehead atoms. The zero-order valence-electron chi connectivity index (χ0n) is 7.91. The van der Waals surface area contributed by atoms with E-state index in [0.29, 0.717) is 5.56 Å². The Hall–Kier alpha value is -2.11.